The van der Waals surface area contributed by atoms with Gasteiger partial charge >= 0.3 is 5.97 Å². The molecule has 0 bridgehead atoms. The van der Waals surface area contributed by atoms with Gasteiger partial charge in [-0.2, -0.15) is 0 Å². The Labute approximate surface area is 184 Å². The standard InChI is InChI=1S/C22H27FN2O7/c1-10-13(19(22(31)32)25-18(10)16(11(2)26)21(25)30)9-24(3)8-4-5-14(27)12-6-7-15(28)20(29)17(12)23/h6-7,10-11,16,18,26,28-29H,4-5,8-9H2,1-3H3,(H,31,32)/t10-,11+,16+,18+/m0/s1. The number of carboxylic acid groups (broad SMARTS) is 1. The molecule has 2 heterocycles. The zero-order valence-electron chi connectivity index (χ0n) is 18.1. The van der Waals surface area contributed by atoms with E-state index in [9.17, 15) is 39.2 Å². The molecule has 1 amide bonds. The molecule has 0 radical (unpaired) electrons. The number of hydrogen-bond acceptors (Lipinski definition) is 7. The number of benzene rings is 1. The van der Waals surface area contributed by atoms with Crippen LogP contribution in [0.5, 0.6) is 11.5 Å². The Hall–Kier alpha value is -2.98. The van der Waals surface area contributed by atoms with Gasteiger partial charge in [0.15, 0.2) is 23.1 Å². The molecule has 1 fully saturated rings. The van der Waals surface area contributed by atoms with Crippen molar-refractivity contribution in [3.63, 3.8) is 0 Å². The molecule has 3 rings (SSSR count). The highest BCUT2D eigenvalue weighted by Gasteiger charge is 2.59. The lowest BCUT2D eigenvalue weighted by Gasteiger charge is -2.46. The first-order chi connectivity index (χ1) is 15.0. The van der Waals surface area contributed by atoms with Gasteiger partial charge in [-0.25, -0.2) is 9.18 Å². The van der Waals surface area contributed by atoms with Crippen LogP contribution in [0, 0.1) is 17.7 Å². The molecule has 4 N–H and O–H groups in total. The molecule has 2 aliphatic heterocycles. The van der Waals surface area contributed by atoms with Crippen LogP contribution in [-0.4, -0.2) is 80.2 Å². The van der Waals surface area contributed by atoms with Crippen molar-refractivity contribution in [2.75, 3.05) is 20.1 Å². The van der Waals surface area contributed by atoms with Crippen LogP contribution in [0.4, 0.5) is 4.39 Å². The van der Waals surface area contributed by atoms with Gasteiger partial charge in [-0.15, -0.1) is 0 Å². The number of aliphatic carboxylic acids is 1. The Bertz CT molecular complexity index is 991. The van der Waals surface area contributed by atoms with E-state index in [0.717, 1.165) is 12.1 Å². The lowest BCUT2D eigenvalue weighted by Crippen LogP contribution is -2.63. The summed E-state index contributed by atoms with van der Waals surface area (Å²) in [6.07, 6.45) is -0.532. The summed E-state index contributed by atoms with van der Waals surface area (Å²) < 4.78 is 14.0. The number of halogens is 1. The second kappa shape index (κ2) is 8.87. The number of Topliss-reactive ketones (excluding diaryl/α,β-unsaturated/α-hetero) is 1. The third-order valence-electron chi connectivity index (χ3n) is 6.30. The van der Waals surface area contributed by atoms with Crippen LogP contribution in [0.25, 0.3) is 0 Å². The maximum atomic E-state index is 14.0. The smallest absolute Gasteiger partial charge is 0.352 e. The molecule has 0 aromatic heterocycles. The SMILES string of the molecule is C[C@@H](O)[C@H]1C(=O)N2C(C(=O)O)=C(CN(C)CCCC(=O)c3ccc(O)c(O)c3F)[C@H](C)[C@H]12. The molecule has 0 saturated carbocycles. The second-order valence-electron chi connectivity index (χ2n) is 8.49. The van der Waals surface area contributed by atoms with Gasteiger partial charge in [-0.1, -0.05) is 6.92 Å². The highest BCUT2D eigenvalue weighted by Crippen LogP contribution is 2.47. The predicted octanol–water partition coefficient (Wildman–Crippen LogP) is 1.33. The van der Waals surface area contributed by atoms with Crippen molar-refractivity contribution in [1.82, 2.24) is 9.80 Å². The fraction of sp³-hybridized carbons (Fsp3) is 0.500. The summed E-state index contributed by atoms with van der Waals surface area (Å²) in [5, 5.41) is 38.3. The van der Waals surface area contributed by atoms with Gasteiger partial charge in [0.25, 0.3) is 0 Å². The van der Waals surface area contributed by atoms with Gasteiger partial charge < -0.3 is 30.2 Å². The number of carboxylic acids is 1. The van der Waals surface area contributed by atoms with Crippen molar-refractivity contribution in [3.05, 3.63) is 34.8 Å². The Morgan fingerprint density at radius 1 is 1.28 bits per heavy atom. The number of phenolic OH excluding ortho intramolecular Hbond substituents is 2. The number of fused-ring (bicyclic) bond motifs is 1. The molecule has 1 saturated heterocycles. The Balaban J connectivity index is 1.63. The molecule has 0 spiro atoms. The molecule has 0 aliphatic carbocycles. The van der Waals surface area contributed by atoms with Crippen LogP contribution < -0.4 is 0 Å². The summed E-state index contributed by atoms with van der Waals surface area (Å²) in [5.41, 5.74) is 0.228. The lowest BCUT2D eigenvalue weighted by atomic mass is 9.77. The average Bonchev–Trinajstić information content (AvgIpc) is 2.94. The van der Waals surface area contributed by atoms with E-state index in [1.54, 1.807) is 7.05 Å². The predicted molar refractivity (Wildman–Crippen MR) is 110 cm³/mol. The lowest BCUT2D eigenvalue weighted by molar-refractivity contribution is -0.163. The highest BCUT2D eigenvalue weighted by molar-refractivity contribution is 6.00. The molecule has 10 heteroatoms. The van der Waals surface area contributed by atoms with Crippen molar-refractivity contribution in [2.45, 2.75) is 38.8 Å². The number of ketones is 1. The monoisotopic (exact) mass is 450 g/mol. The Morgan fingerprint density at radius 3 is 2.53 bits per heavy atom. The molecule has 1 aromatic carbocycles. The molecule has 4 atom stereocenters. The summed E-state index contributed by atoms with van der Waals surface area (Å²) in [7, 11) is 1.75. The van der Waals surface area contributed by atoms with Gasteiger partial charge in [-0.3, -0.25) is 9.59 Å². The van der Waals surface area contributed by atoms with E-state index >= 15 is 0 Å². The number of amides is 1. The number of nitrogens with zero attached hydrogens (tertiary/aromatic N) is 2. The first-order valence-corrected chi connectivity index (χ1v) is 10.4. The number of β-lactam (4-membered cyclic amide) rings is 1. The number of hydrogen-bond donors (Lipinski definition) is 4. The van der Waals surface area contributed by atoms with Gasteiger partial charge in [0, 0.05) is 18.9 Å². The number of likely N-dealkylation sites (N-methyl/N-ethyl adjacent to an activating group) is 1. The number of phenols is 2. The summed E-state index contributed by atoms with van der Waals surface area (Å²) in [6.45, 7) is 4.02. The van der Waals surface area contributed by atoms with Gasteiger partial charge in [0.05, 0.1) is 23.6 Å². The third-order valence-corrected chi connectivity index (χ3v) is 6.30. The summed E-state index contributed by atoms with van der Waals surface area (Å²) in [4.78, 5) is 39.6. The van der Waals surface area contributed by atoms with Crippen molar-refractivity contribution in [3.8, 4) is 11.5 Å². The average molecular weight is 450 g/mol. The zero-order valence-corrected chi connectivity index (χ0v) is 18.1. The molecule has 174 valence electrons. The van der Waals surface area contributed by atoms with Crippen LogP contribution in [0.3, 0.4) is 0 Å². The molecule has 1 aromatic rings. The molecule has 32 heavy (non-hydrogen) atoms. The van der Waals surface area contributed by atoms with E-state index in [2.05, 4.69) is 0 Å². The maximum Gasteiger partial charge on any atom is 0.352 e. The van der Waals surface area contributed by atoms with Crippen molar-refractivity contribution < 1.29 is 39.2 Å². The van der Waals surface area contributed by atoms with E-state index in [-0.39, 0.29) is 36.2 Å². The van der Waals surface area contributed by atoms with Crippen LogP contribution >= 0.6 is 0 Å². The number of carbonyl (C=O) groups is 3. The highest BCUT2D eigenvalue weighted by atomic mass is 19.1. The molecule has 2 aliphatic rings. The maximum absolute atomic E-state index is 14.0. The van der Waals surface area contributed by atoms with Crippen LogP contribution in [0.2, 0.25) is 0 Å². The number of carbonyl (C=O) groups excluding carboxylic acids is 2. The van der Waals surface area contributed by atoms with Gasteiger partial charge in [0.1, 0.15) is 5.70 Å². The number of rotatable bonds is 9. The molecular formula is C22H27FN2O7. The van der Waals surface area contributed by atoms with Gasteiger partial charge in [-0.05, 0) is 44.6 Å². The molecular weight excluding hydrogens is 423 g/mol. The van der Waals surface area contributed by atoms with E-state index in [1.165, 1.54) is 11.8 Å². The third kappa shape index (κ3) is 3.95. The zero-order chi connectivity index (χ0) is 23.9. The topological polar surface area (TPSA) is 139 Å². The van der Waals surface area contributed by atoms with E-state index in [1.807, 2.05) is 11.8 Å². The van der Waals surface area contributed by atoms with Crippen LogP contribution in [-0.2, 0) is 9.59 Å². The molecule has 9 nitrogen and oxygen atoms in total. The number of aliphatic hydroxyl groups is 1. The van der Waals surface area contributed by atoms with E-state index < -0.39 is 47.0 Å². The second-order valence-corrected chi connectivity index (χ2v) is 8.49. The number of aromatic hydroxyl groups is 2. The van der Waals surface area contributed by atoms with Crippen molar-refractivity contribution >= 4 is 17.7 Å². The Kier molecular flexibility index (Phi) is 6.56. The fourth-order valence-electron chi connectivity index (χ4n) is 4.64. The van der Waals surface area contributed by atoms with E-state index in [4.69, 9.17) is 0 Å². The van der Waals surface area contributed by atoms with Crippen LogP contribution in [0.15, 0.2) is 23.4 Å². The van der Waals surface area contributed by atoms with Crippen molar-refractivity contribution in [2.24, 2.45) is 11.8 Å². The number of aliphatic hydroxyl groups excluding tert-OH is 1. The van der Waals surface area contributed by atoms with Crippen molar-refractivity contribution in [1.29, 1.82) is 0 Å². The van der Waals surface area contributed by atoms with Gasteiger partial charge in [0.2, 0.25) is 5.91 Å². The summed E-state index contributed by atoms with van der Waals surface area (Å²) >= 11 is 0. The first-order valence-electron chi connectivity index (χ1n) is 10.4. The summed E-state index contributed by atoms with van der Waals surface area (Å²) in [6, 6.07) is 1.77. The quantitative estimate of drug-likeness (QED) is 0.251. The van der Waals surface area contributed by atoms with Crippen LogP contribution in [0.1, 0.15) is 37.0 Å². The fourth-order valence-corrected chi connectivity index (χ4v) is 4.64. The minimum Gasteiger partial charge on any atom is -0.504 e. The molecule has 0 unspecified atom stereocenters. The first kappa shape index (κ1) is 23.7. The summed E-state index contributed by atoms with van der Waals surface area (Å²) in [5.74, 6) is -5.76. The van der Waals surface area contributed by atoms with E-state index in [0.29, 0.717) is 18.5 Å². The largest absolute Gasteiger partial charge is 0.504 e. The Morgan fingerprint density at radius 2 is 1.94 bits per heavy atom. The normalized spacial score (nSPS) is 23.4. The minimum absolute atomic E-state index is 0.0107. The minimum atomic E-state index is -1.20.